The molecule has 9 nitrogen and oxygen atoms in total. The molecular weight excluding hydrogens is 468 g/mol. The van der Waals surface area contributed by atoms with Gasteiger partial charge in [-0.1, -0.05) is 30.3 Å². The number of rotatable bonds is 8. The van der Waals surface area contributed by atoms with Gasteiger partial charge in [-0.15, -0.1) is 0 Å². The number of Topliss-reactive ketones (excluding diaryl/α,β-unsaturated/α-hetero) is 1. The number of benzene rings is 2. The monoisotopic (exact) mass is 496 g/mol. The third kappa shape index (κ3) is 5.35. The second-order valence-electron chi connectivity index (χ2n) is 9.16. The van der Waals surface area contributed by atoms with Gasteiger partial charge >= 0.3 is 0 Å². The van der Waals surface area contributed by atoms with Crippen molar-refractivity contribution < 1.29 is 14.4 Å². The van der Waals surface area contributed by atoms with Crippen molar-refractivity contribution in [2.45, 2.75) is 38.9 Å². The van der Waals surface area contributed by atoms with E-state index in [4.69, 9.17) is 0 Å². The maximum Gasteiger partial charge on any atom is 0.243 e. The summed E-state index contributed by atoms with van der Waals surface area (Å²) in [5.74, 6) is -0.374. The van der Waals surface area contributed by atoms with Crippen molar-refractivity contribution in [1.29, 1.82) is 0 Å². The van der Waals surface area contributed by atoms with Crippen LogP contribution >= 0.6 is 0 Å². The number of carbonyl (C=O) groups is 3. The predicted molar refractivity (Wildman–Crippen MR) is 140 cm³/mol. The topological polar surface area (TPSA) is 109 Å². The molecule has 0 radical (unpaired) electrons. The summed E-state index contributed by atoms with van der Waals surface area (Å²) in [6.07, 6.45) is 7.91. The highest BCUT2D eigenvalue weighted by Gasteiger charge is 2.34. The van der Waals surface area contributed by atoms with Gasteiger partial charge in [-0.3, -0.25) is 14.4 Å². The van der Waals surface area contributed by atoms with Crippen molar-refractivity contribution in [2.75, 3.05) is 11.9 Å². The average molecular weight is 497 g/mol. The molecule has 1 fully saturated rings. The molecule has 2 N–H and O–H groups in total. The Bertz CT molecular complexity index is 1430. The Labute approximate surface area is 214 Å². The zero-order chi connectivity index (χ0) is 25.8. The molecule has 0 spiro atoms. The van der Waals surface area contributed by atoms with Crippen LogP contribution in [0.2, 0.25) is 0 Å². The third-order valence-electron chi connectivity index (χ3n) is 6.60. The molecule has 0 saturated carbocycles. The molecule has 4 aromatic rings. The van der Waals surface area contributed by atoms with Crippen molar-refractivity contribution in [3.63, 3.8) is 0 Å². The predicted octanol–water partition coefficient (Wildman–Crippen LogP) is 3.68. The molecular formula is C28H28N6O3. The van der Waals surface area contributed by atoms with Crippen LogP contribution in [-0.2, 0) is 22.7 Å². The van der Waals surface area contributed by atoms with Crippen LogP contribution in [0.15, 0.2) is 73.4 Å². The lowest BCUT2D eigenvalue weighted by Gasteiger charge is -2.24. The minimum atomic E-state index is -0.491. The molecule has 37 heavy (non-hydrogen) atoms. The van der Waals surface area contributed by atoms with E-state index in [0.717, 1.165) is 34.3 Å². The quantitative estimate of drug-likeness (QED) is 0.360. The highest BCUT2D eigenvalue weighted by atomic mass is 16.2. The zero-order valence-corrected chi connectivity index (χ0v) is 20.6. The van der Waals surface area contributed by atoms with Gasteiger partial charge in [-0.05, 0) is 43.5 Å². The second-order valence-corrected chi connectivity index (χ2v) is 9.16. The van der Waals surface area contributed by atoms with Crippen LogP contribution in [-0.4, -0.2) is 49.6 Å². The maximum atomic E-state index is 13.3. The zero-order valence-electron chi connectivity index (χ0n) is 20.6. The summed E-state index contributed by atoms with van der Waals surface area (Å²) in [4.78, 5) is 48.3. The molecule has 188 valence electrons. The smallest absolute Gasteiger partial charge is 0.243 e. The normalized spacial score (nSPS) is 15.1. The van der Waals surface area contributed by atoms with Crippen LogP contribution in [0.4, 0.5) is 11.4 Å². The van der Waals surface area contributed by atoms with Gasteiger partial charge in [0, 0.05) is 41.4 Å². The van der Waals surface area contributed by atoms with E-state index in [0.29, 0.717) is 25.1 Å². The summed E-state index contributed by atoms with van der Waals surface area (Å²) >= 11 is 0. The number of fused-ring (bicyclic) bond motifs is 1. The number of likely N-dealkylation sites (tertiary alicyclic amines) is 1. The highest BCUT2D eigenvalue weighted by Crippen LogP contribution is 2.28. The first-order valence-electron chi connectivity index (χ1n) is 12.3. The van der Waals surface area contributed by atoms with Gasteiger partial charge < -0.3 is 20.1 Å². The van der Waals surface area contributed by atoms with Crippen LogP contribution in [0.1, 0.15) is 35.7 Å². The lowest BCUT2D eigenvalue weighted by Crippen LogP contribution is -2.46. The van der Waals surface area contributed by atoms with Crippen molar-refractivity contribution in [3.05, 3.63) is 84.6 Å². The minimum absolute atomic E-state index is 0.0472. The van der Waals surface area contributed by atoms with E-state index in [9.17, 15) is 14.4 Å². The van der Waals surface area contributed by atoms with E-state index in [1.807, 2.05) is 48.5 Å². The van der Waals surface area contributed by atoms with E-state index >= 15 is 0 Å². The number of hydrogen-bond acceptors (Lipinski definition) is 6. The number of ketones is 1. The number of hydrogen-bond donors (Lipinski definition) is 2. The fourth-order valence-electron chi connectivity index (χ4n) is 4.79. The Balaban J connectivity index is 1.32. The van der Waals surface area contributed by atoms with Gasteiger partial charge in [0.15, 0.2) is 5.78 Å². The first-order valence-corrected chi connectivity index (χ1v) is 12.3. The van der Waals surface area contributed by atoms with Crippen LogP contribution < -0.4 is 10.6 Å². The fourth-order valence-corrected chi connectivity index (χ4v) is 4.79. The van der Waals surface area contributed by atoms with Gasteiger partial charge in [-0.25, -0.2) is 9.97 Å². The van der Waals surface area contributed by atoms with Gasteiger partial charge in [0.2, 0.25) is 11.8 Å². The Morgan fingerprint density at radius 2 is 1.81 bits per heavy atom. The number of nitrogens with zero attached hydrogens (tertiary/aromatic N) is 4. The largest absolute Gasteiger partial charge is 0.353 e. The van der Waals surface area contributed by atoms with Crippen molar-refractivity contribution in [1.82, 2.24) is 24.8 Å². The Hall–Kier alpha value is -4.53. The lowest BCUT2D eigenvalue weighted by atomic mass is 10.1. The van der Waals surface area contributed by atoms with Gasteiger partial charge in [0.05, 0.1) is 18.1 Å². The van der Waals surface area contributed by atoms with Crippen LogP contribution in [0.25, 0.3) is 10.9 Å². The van der Waals surface area contributed by atoms with Crippen LogP contribution in [0.3, 0.4) is 0 Å². The molecule has 1 aliphatic heterocycles. The molecule has 1 atom stereocenters. The van der Waals surface area contributed by atoms with E-state index in [1.165, 1.54) is 13.3 Å². The molecule has 9 heteroatoms. The van der Waals surface area contributed by atoms with Crippen molar-refractivity contribution >= 4 is 39.9 Å². The molecule has 5 rings (SSSR count). The molecule has 0 bridgehead atoms. The Morgan fingerprint density at radius 3 is 2.57 bits per heavy atom. The second kappa shape index (κ2) is 10.6. The Kier molecular flexibility index (Phi) is 6.93. The van der Waals surface area contributed by atoms with Gasteiger partial charge in [0.1, 0.15) is 18.9 Å². The molecule has 2 amide bonds. The first kappa shape index (κ1) is 24.2. The molecule has 1 saturated heterocycles. The summed E-state index contributed by atoms with van der Waals surface area (Å²) < 4.78 is 1.79. The van der Waals surface area contributed by atoms with Gasteiger partial charge in [-0.2, -0.15) is 0 Å². The molecule has 3 heterocycles. The average Bonchev–Trinajstić information content (AvgIpc) is 3.54. The van der Waals surface area contributed by atoms with Crippen molar-refractivity contribution in [2.24, 2.45) is 0 Å². The number of carbonyl (C=O) groups excluding carboxylic acids is 3. The third-order valence-corrected chi connectivity index (χ3v) is 6.60. The van der Waals surface area contributed by atoms with Crippen LogP contribution in [0, 0.1) is 0 Å². The van der Waals surface area contributed by atoms with E-state index in [2.05, 4.69) is 20.6 Å². The molecule has 0 unspecified atom stereocenters. The number of amides is 2. The van der Waals surface area contributed by atoms with E-state index < -0.39 is 6.04 Å². The number of anilines is 2. The standard InChI is InChI=1S/C28H28N6O3/c1-19(35)24-16-33(25-10-9-21(12-23(24)25)32-22-14-29-18-30-15-22)17-27(36)34-11-5-8-26(34)28(37)31-13-20-6-3-2-4-7-20/h2-4,6-7,9-10,12,14-16,18,26,32H,5,8,11,13,17H2,1H3,(H,31,37)/t26-/m0/s1. The summed E-state index contributed by atoms with van der Waals surface area (Å²) in [5, 5.41) is 6.95. The fraction of sp³-hybridized carbons (Fsp3) is 0.250. The van der Waals surface area contributed by atoms with Crippen LogP contribution in [0.5, 0.6) is 0 Å². The maximum absolute atomic E-state index is 13.3. The number of nitrogens with one attached hydrogen (secondary N) is 2. The highest BCUT2D eigenvalue weighted by molar-refractivity contribution is 6.08. The van der Waals surface area contributed by atoms with Crippen molar-refractivity contribution in [3.8, 4) is 0 Å². The first-order chi connectivity index (χ1) is 18.0. The summed E-state index contributed by atoms with van der Waals surface area (Å²) in [6, 6.07) is 14.9. The molecule has 2 aromatic carbocycles. The summed E-state index contributed by atoms with van der Waals surface area (Å²) in [7, 11) is 0. The van der Waals surface area contributed by atoms with E-state index in [1.54, 1.807) is 28.1 Å². The summed E-state index contributed by atoms with van der Waals surface area (Å²) in [6.45, 7) is 2.52. The summed E-state index contributed by atoms with van der Waals surface area (Å²) in [5.41, 5.74) is 3.83. The lowest BCUT2D eigenvalue weighted by molar-refractivity contribution is -0.138. The van der Waals surface area contributed by atoms with E-state index in [-0.39, 0.29) is 24.1 Å². The molecule has 1 aliphatic rings. The molecule has 0 aliphatic carbocycles. The Morgan fingerprint density at radius 1 is 1.03 bits per heavy atom. The molecule has 2 aromatic heterocycles. The minimum Gasteiger partial charge on any atom is -0.353 e. The number of aromatic nitrogens is 3. The SMILES string of the molecule is CC(=O)c1cn(CC(=O)N2CCC[C@H]2C(=O)NCc2ccccc2)c2ccc(Nc3cncnc3)cc12. The van der Waals surface area contributed by atoms with Gasteiger partial charge in [0.25, 0.3) is 0 Å².